The third-order valence-electron chi connectivity index (χ3n) is 5.50. The predicted molar refractivity (Wildman–Crippen MR) is 89.7 cm³/mol. The molecule has 3 atom stereocenters. The Hall–Kier alpha value is -0.860. The summed E-state index contributed by atoms with van der Waals surface area (Å²) in [5.41, 5.74) is 2.92. The Morgan fingerprint density at radius 2 is 2.00 bits per heavy atom. The van der Waals surface area contributed by atoms with Crippen LogP contribution in [0.4, 0.5) is 0 Å². The fourth-order valence-corrected chi connectivity index (χ4v) is 4.25. The van der Waals surface area contributed by atoms with Gasteiger partial charge in [-0.05, 0) is 69.2 Å². The molecule has 1 saturated carbocycles. The van der Waals surface area contributed by atoms with Crippen LogP contribution in [0.2, 0.25) is 0 Å². The van der Waals surface area contributed by atoms with Crippen molar-refractivity contribution in [2.24, 2.45) is 5.92 Å². The lowest BCUT2D eigenvalue weighted by Crippen LogP contribution is -2.47. The predicted octanol–water partition coefficient (Wildman–Crippen LogP) is 3.44. The summed E-state index contributed by atoms with van der Waals surface area (Å²) < 4.78 is 0. The SMILES string of the molecule is Cc1ccccc1CCNC1CCCC1C1CCCCN1. The minimum atomic E-state index is 0.740. The van der Waals surface area contributed by atoms with Crippen molar-refractivity contribution in [3.8, 4) is 0 Å². The summed E-state index contributed by atoms with van der Waals surface area (Å²) >= 11 is 0. The standard InChI is InChI=1S/C19H30N2/c1-15-7-2-3-8-16(15)12-14-21-19-11-6-9-17(19)18-10-4-5-13-20-18/h2-3,7-8,17-21H,4-6,9-14H2,1H3. The fourth-order valence-electron chi connectivity index (χ4n) is 4.25. The second-order valence-electron chi connectivity index (χ2n) is 6.89. The molecule has 1 aromatic carbocycles. The lowest BCUT2D eigenvalue weighted by Gasteiger charge is -2.33. The third-order valence-corrected chi connectivity index (χ3v) is 5.50. The molecule has 3 rings (SSSR count). The summed E-state index contributed by atoms with van der Waals surface area (Å²) in [7, 11) is 0. The van der Waals surface area contributed by atoms with Crippen LogP contribution in [0.25, 0.3) is 0 Å². The molecule has 0 radical (unpaired) electrons. The average molecular weight is 286 g/mol. The number of hydrogen-bond donors (Lipinski definition) is 2. The van der Waals surface area contributed by atoms with Crippen LogP contribution in [0.15, 0.2) is 24.3 Å². The van der Waals surface area contributed by atoms with Crippen molar-refractivity contribution < 1.29 is 0 Å². The first-order chi connectivity index (χ1) is 10.3. The van der Waals surface area contributed by atoms with Gasteiger partial charge < -0.3 is 10.6 Å². The molecule has 1 aromatic rings. The van der Waals surface area contributed by atoms with Gasteiger partial charge in [0, 0.05) is 12.1 Å². The fraction of sp³-hybridized carbons (Fsp3) is 0.684. The van der Waals surface area contributed by atoms with E-state index < -0.39 is 0 Å². The molecule has 2 heteroatoms. The highest BCUT2D eigenvalue weighted by atomic mass is 15.0. The van der Waals surface area contributed by atoms with E-state index in [1.807, 2.05) is 0 Å². The van der Waals surface area contributed by atoms with E-state index in [1.54, 1.807) is 0 Å². The lowest BCUT2D eigenvalue weighted by atomic mass is 9.88. The summed E-state index contributed by atoms with van der Waals surface area (Å²) in [5, 5.41) is 7.63. The van der Waals surface area contributed by atoms with Gasteiger partial charge in [-0.25, -0.2) is 0 Å². The largest absolute Gasteiger partial charge is 0.314 e. The zero-order chi connectivity index (χ0) is 14.5. The molecule has 2 aliphatic rings. The average Bonchev–Trinajstić information content (AvgIpc) is 2.99. The summed E-state index contributed by atoms with van der Waals surface area (Å²) in [6.45, 7) is 4.58. The van der Waals surface area contributed by atoms with E-state index in [2.05, 4.69) is 41.8 Å². The minimum Gasteiger partial charge on any atom is -0.314 e. The zero-order valence-electron chi connectivity index (χ0n) is 13.4. The van der Waals surface area contributed by atoms with Crippen molar-refractivity contribution >= 4 is 0 Å². The van der Waals surface area contributed by atoms with Crippen molar-refractivity contribution in [2.75, 3.05) is 13.1 Å². The summed E-state index contributed by atoms with van der Waals surface area (Å²) in [5.74, 6) is 0.863. The summed E-state index contributed by atoms with van der Waals surface area (Å²) in [4.78, 5) is 0. The topological polar surface area (TPSA) is 24.1 Å². The van der Waals surface area contributed by atoms with Crippen LogP contribution in [0.3, 0.4) is 0 Å². The maximum Gasteiger partial charge on any atom is 0.0110 e. The van der Waals surface area contributed by atoms with E-state index in [9.17, 15) is 0 Å². The number of piperidine rings is 1. The quantitative estimate of drug-likeness (QED) is 0.866. The van der Waals surface area contributed by atoms with Crippen LogP contribution >= 0.6 is 0 Å². The first kappa shape index (κ1) is 15.1. The molecule has 21 heavy (non-hydrogen) atoms. The second-order valence-corrected chi connectivity index (χ2v) is 6.89. The van der Waals surface area contributed by atoms with Gasteiger partial charge >= 0.3 is 0 Å². The Labute approximate surface area is 129 Å². The van der Waals surface area contributed by atoms with Gasteiger partial charge in [0.25, 0.3) is 0 Å². The van der Waals surface area contributed by atoms with E-state index in [0.29, 0.717) is 0 Å². The van der Waals surface area contributed by atoms with Crippen LogP contribution in [0, 0.1) is 12.8 Å². The molecule has 3 unspecified atom stereocenters. The smallest absolute Gasteiger partial charge is 0.0110 e. The van der Waals surface area contributed by atoms with Crippen molar-refractivity contribution in [1.82, 2.24) is 10.6 Å². The van der Waals surface area contributed by atoms with Crippen LogP contribution < -0.4 is 10.6 Å². The Bertz CT molecular complexity index is 437. The Morgan fingerprint density at radius 1 is 1.10 bits per heavy atom. The number of aryl methyl sites for hydroxylation is 1. The van der Waals surface area contributed by atoms with E-state index >= 15 is 0 Å². The molecule has 0 amide bonds. The minimum absolute atomic E-state index is 0.740. The molecule has 1 heterocycles. The first-order valence-corrected chi connectivity index (χ1v) is 8.86. The van der Waals surface area contributed by atoms with Gasteiger partial charge in [0.1, 0.15) is 0 Å². The molecule has 1 saturated heterocycles. The van der Waals surface area contributed by atoms with Gasteiger partial charge in [-0.2, -0.15) is 0 Å². The molecule has 1 aliphatic heterocycles. The highest BCUT2D eigenvalue weighted by molar-refractivity contribution is 5.25. The van der Waals surface area contributed by atoms with Gasteiger partial charge in [0.2, 0.25) is 0 Å². The Kier molecular flexibility index (Phi) is 5.32. The molecule has 0 spiro atoms. The van der Waals surface area contributed by atoms with Gasteiger partial charge in [0.15, 0.2) is 0 Å². The summed E-state index contributed by atoms with van der Waals surface area (Å²) in [6, 6.07) is 10.3. The first-order valence-electron chi connectivity index (χ1n) is 8.86. The maximum atomic E-state index is 3.86. The lowest BCUT2D eigenvalue weighted by molar-refractivity contribution is 0.258. The molecule has 2 N–H and O–H groups in total. The van der Waals surface area contributed by atoms with Crippen molar-refractivity contribution in [3.63, 3.8) is 0 Å². The normalized spacial score (nSPS) is 29.7. The maximum absolute atomic E-state index is 3.86. The van der Waals surface area contributed by atoms with Gasteiger partial charge in [0.05, 0.1) is 0 Å². The van der Waals surface area contributed by atoms with Gasteiger partial charge in [-0.3, -0.25) is 0 Å². The number of rotatable bonds is 5. The van der Waals surface area contributed by atoms with Crippen molar-refractivity contribution in [3.05, 3.63) is 35.4 Å². The van der Waals surface area contributed by atoms with Gasteiger partial charge in [-0.15, -0.1) is 0 Å². The van der Waals surface area contributed by atoms with Crippen molar-refractivity contribution in [1.29, 1.82) is 0 Å². The van der Waals surface area contributed by atoms with Crippen LogP contribution in [0.5, 0.6) is 0 Å². The number of benzene rings is 1. The van der Waals surface area contributed by atoms with E-state index in [1.165, 1.54) is 56.2 Å². The van der Waals surface area contributed by atoms with Crippen LogP contribution in [-0.2, 0) is 6.42 Å². The highest BCUT2D eigenvalue weighted by Gasteiger charge is 2.33. The molecular weight excluding hydrogens is 256 g/mol. The van der Waals surface area contributed by atoms with Crippen LogP contribution in [-0.4, -0.2) is 25.2 Å². The second kappa shape index (κ2) is 7.42. The molecule has 1 aliphatic carbocycles. The molecular formula is C19H30N2. The number of nitrogens with one attached hydrogen (secondary N) is 2. The van der Waals surface area contributed by atoms with Crippen LogP contribution in [0.1, 0.15) is 49.7 Å². The highest BCUT2D eigenvalue weighted by Crippen LogP contribution is 2.31. The van der Waals surface area contributed by atoms with E-state index in [4.69, 9.17) is 0 Å². The molecule has 116 valence electrons. The third kappa shape index (κ3) is 3.87. The molecule has 0 bridgehead atoms. The Balaban J connectivity index is 1.49. The van der Waals surface area contributed by atoms with E-state index in [-0.39, 0.29) is 0 Å². The number of hydrogen-bond acceptors (Lipinski definition) is 2. The molecule has 2 nitrogen and oxygen atoms in total. The Morgan fingerprint density at radius 3 is 2.81 bits per heavy atom. The van der Waals surface area contributed by atoms with E-state index in [0.717, 1.165) is 31.0 Å². The molecule has 2 fully saturated rings. The van der Waals surface area contributed by atoms with Gasteiger partial charge in [-0.1, -0.05) is 37.1 Å². The monoisotopic (exact) mass is 286 g/mol. The van der Waals surface area contributed by atoms with Crippen molar-refractivity contribution in [2.45, 2.75) is 64.0 Å². The summed E-state index contributed by atoms with van der Waals surface area (Å²) in [6.07, 6.45) is 9.54. The molecule has 0 aromatic heterocycles. The zero-order valence-corrected chi connectivity index (χ0v) is 13.4.